The van der Waals surface area contributed by atoms with Crippen molar-refractivity contribution >= 4 is 56.1 Å². The third-order valence-corrected chi connectivity index (χ3v) is 5.44. The molecule has 1 aliphatic heterocycles. The number of anilines is 1. The summed E-state index contributed by atoms with van der Waals surface area (Å²) in [5.74, 6) is 0.735. The van der Waals surface area contributed by atoms with Crippen LogP contribution in [0.5, 0.6) is 0 Å². The minimum absolute atomic E-state index is 0.196. The second kappa shape index (κ2) is 7.41. The first kappa shape index (κ1) is 17.0. The molecule has 0 amide bonds. The molecule has 0 aliphatic carbocycles. The van der Waals surface area contributed by atoms with Crippen molar-refractivity contribution in [3.05, 3.63) is 40.3 Å². The van der Waals surface area contributed by atoms with Crippen LogP contribution in [0.25, 0.3) is 11.0 Å². The number of hydrogen-bond acceptors (Lipinski definition) is 7. The lowest BCUT2D eigenvalue weighted by molar-refractivity contribution is 0.122. The predicted molar refractivity (Wildman–Crippen MR) is 101 cm³/mol. The maximum absolute atomic E-state index is 6.19. The SMILES string of the molecule is Clc1nc(N2CCOCC2)c2ncnc(Sc3ccc(Br)cc3)c2n1. The molecule has 3 heterocycles. The highest BCUT2D eigenvalue weighted by molar-refractivity contribution is 9.10. The average molecular weight is 439 g/mol. The summed E-state index contributed by atoms with van der Waals surface area (Å²) in [5, 5.41) is 0.951. The molecule has 9 heteroatoms. The van der Waals surface area contributed by atoms with Crippen molar-refractivity contribution in [3.63, 3.8) is 0 Å². The van der Waals surface area contributed by atoms with Crippen LogP contribution < -0.4 is 4.90 Å². The van der Waals surface area contributed by atoms with Crippen LogP contribution in [0.1, 0.15) is 0 Å². The maximum Gasteiger partial charge on any atom is 0.225 e. The summed E-state index contributed by atoms with van der Waals surface area (Å²) in [7, 11) is 0. The fourth-order valence-corrected chi connectivity index (χ4v) is 3.83. The van der Waals surface area contributed by atoms with Gasteiger partial charge < -0.3 is 9.64 Å². The molecule has 1 aromatic carbocycles. The van der Waals surface area contributed by atoms with E-state index in [1.54, 1.807) is 6.33 Å². The number of benzene rings is 1. The van der Waals surface area contributed by atoms with Gasteiger partial charge in [-0.2, -0.15) is 4.98 Å². The van der Waals surface area contributed by atoms with E-state index in [2.05, 4.69) is 40.8 Å². The Balaban J connectivity index is 1.78. The minimum Gasteiger partial charge on any atom is -0.378 e. The fourth-order valence-electron chi connectivity index (χ4n) is 2.57. The number of halogens is 2. The highest BCUT2D eigenvalue weighted by Crippen LogP contribution is 2.34. The molecule has 25 heavy (non-hydrogen) atoms. The van der Waals surface area contributed by atoms with Crippen LogP contribution >= 0.6 is 39.3 Å². The van der Waals surface area contributed by atoms with Gasteiger partial charge in [0.05, 0.1) is 13.2 Å². The molecule has 0 radical (unpaired) electrons. The summed E-state index contributed by atoms with van der Waals surface area (Å²) < 4.78 is 6.45. The van der Waals surface area contributed by atoms with Gasteiger partial charge in [0.15, 0.2) is 5.82 Å². The molecule has 0 unspecified atom stereocenters. The lowest BCUT2D eigenvalue weighted by Crippen LogP contribution is -2.37. The van der Waals surface area contributed by atoms with Gasteiger partial charge in [-0.25, -0.2) is 15.0 Å². The number of fused-ring (bicyclic) bond motifs is 1. The Morgan fingerprint density at radius 2 is 1.80 bits per heavy atom. The van der Waals surface area contributed by atoms with E-state index in [-0.39, 0.29) is 5.28 Å². The van der Waals surface area contributed by atoms with Crippen molar-refractivity contribution in [2.45, 2.75) is 9.92 Å². The van der Waals surface area contributed by atoms with Crippen molar-refractivity contribution < 1.29 is 4.74 Å². The first-order valence-corrected chi connectivity index (χ1v) is 9.64. The van der Waals surface area contributed by atoms with Crippen LogP contribution in [0.3, 0.4) is 0 Å². The monoisotopic (exact) mass is 437 g/mol. The third kappa shape index (κ3) is 3.72. The topological polar surface area (TPSA) is 64.0 Å². The van der Waals surface area contributed by atoms with Crippen LogP contribution in [0.15, 0.2) is 45.0 Å². The third-order valence-electron chi connectivity index (χ3n) is 3.74. The summed E-state index contributed by atoms with van der Waals surface area (Å²) >= 11 is 11.2. The Labute approximate surface area is 162 Å². The maximum atomic E-state index is 6.19. The highest BCUT2D eigenvalue weighted by Gasteiger charge is 2.20. The molecular formula is C16H13BrClN5OS. The van der Waals surface area contributed by atoms with Crippen molar-refractivity contribution in [2.75, 3.05) is 31.2 Å². The molecule has 1 aliphatic rings. The zero-order chi connectivity index (χ0) is 17.2. The number of nitrogens with zero attached hydrogens (tertiary/aromatic N) is 5. The summed E-state index contributed by atoms with van der Waals surface area (Å²) in [5.41, 5.74) is 1.37. The number of hydrogen-bond donors (Lipinski definition) is 0. The van der Waals surface area contributed by atoms with E-state index in [0.29, 0.717) is 24.2 Å². The summed E-state index contributed by atoms with van der Waals surface area (Å²) in [4.78, 5) is 20.8. The molecule has 0 bridgehead atoms. The molecule has 0 N–H and O–H groups in total. The van der Waals surface area contributed by atoms with E-state index in [0.717, 1.165) is 33.3 Å². The minimum atomic E-state index is 0.196. The molecule has 6 nitrogen and oxygen atoms in total. The van der Waals surface area contributed by atoms with Gasteiger partial charge in [-0.1, -0.05) is 27.7 Å². The van der Waals surface area contributed by atoms with Crippen LogP contribution in [0.4, 0.5) is 5.82 Å². The van der Waals surface area contributed by atoms with E-state index in [1.165, 1.54) is 11.8 Å². The van der Waals surface area contributed by atoms with Crippen molar-refractivity contribution in [2.24, 2.45) is 0 Å². The molecule has 3 aromatic rings. The number of rotatable bonds is 3. The largest absolute Gasteiger partial charge is 0.378 e. The Bertz CT molecular complexity index is 905. The first-order valence-electron chi connectivity index (χ1n) is 7.65. The van der Waals surface area contributed by atoms with Crippen molar-refractivity contribution in [1.82, 2.24) is 19.9 Å². The lowest BCUT2D eigenvalue weighted by Gasteiger charge is -2.28. The average Bonchev–Trinajstić information content (AvgIpc) is 2.64. The highest BCUT2D eigenvalue weighted by atomic mass is 79.9. The van der Waals surface area contributed by atoms with Crippen LogP contribution in [0.2, 0.25) is 5.28 Å². The number of ether oxygens (including phenoxy) is 1. The Kier molecular flexibility index (Phi) is 5.03. The Morgan fingerprint density at radius 3 is 2.56 bits per heavy atom. The van der Waals surface area contributed by atoms with Gasteiger partial charge in [0, 0.05) is 22.5 Å². The van der Waals surface area contributed by atoms with E-state index in [4.69, 9.17) is 16.3 Å². The normalized spacial score (nSPS) is 14.9. The van der Waals surface area contributed by atoms with Crippen LogP contribution in [-0.2, 0) is 4.74 Å². The van der Waals surface area contributed by atoms with Gasteiger partial charge in [0.1, 0.15) is 22.4 Å². The lowest BCUT2D eigenvalue weighted by atomic mass is 10.3. The van der Waals surface area contributed by atoms with E-state index in [1.807, 2.05) is 24.3 Å². The van der Waals surface area contributed by atoms with E-state index in [9.17, 15) is 0 Å². The molecule has 1 fully saturated rings. The first-order chi connectivity index (χ1) is 12.2. The molecule has 0 atom stereocenters. The zero-order valence-electron chi connectivity index (χ0n) is 13.0. The molecule has 1 saturated heterocycles. The zero-order valence-corrected chi connectivity index (χ0v) is 16.2. The Hall–Kier alpha value is -1.48. The molecule has 2 aromatic heterocycles. The summed E-state index contributed by atoms with van der Waals surface area (Å²) in [6.07, 6.45) is 1.55. The van der Waals surface area contributed by atoms with Gasteiger partial charge in [0.25, 0.3) is 0 Å². The quantitative estimate of drug-likeness (QED) is 0.455. The summed E-state index contributed by atoms with van der Waals surface area (Å²) in [6.45, 7) is 2.83. The number of morpholine rings is 1. The molecule has 0 spiro atoms. The van der Waals surface area contributed by atoms with E-state index >= 15 is 0 Å². The van der Waals surface area contributed by atoms with E-state index < -0.39 is 0 Å². The smallest absolute Gasteiger partial charge is 0.225 e. The predicted octanol–water partition coefficient (Wildman–Crippen LogP) is 3.82. The van der Waals surface area contributed by atoms with Crippen molar-refractivity contribution in [1.29, 1.82) is 0 Å². The van der Waals surface area contributed by atoms with Gasteiger partial charge in [0.2, 0.25) is 5.28 Å². The molecule has 0 saturated carbocycles. The molecule has 4 rings (SSSR count). The second-order valence-electron chi connectivity index (χ2n) is 5.35. The Morgan fingerprint density at radius 1 is 1.04 bits per heavy atom. The van der Waals surface area contributed by atoms with Crippen LogP contribution in [0, 0.1) is 0 Å². The van der Waals surface area contributed by atoms with Gasteiger partial charge in [-0.3, -0.25) is 0 Å². The van der Waals surface area contributed by atoms with Gasteiger partial charge in [-0.15, -0.1) is 0 Å². The summed E-state index contributed by atoms with van der Waals surface area (Å²) in [6, 6.07) is 8.03. The van der Waals surface area contributed by atoms with Crippen molar-refractivity contribution in [3.8, 4) is 0 Å². The number of aromatic nitrogens is 4. The standard InChI is InChI=1S/C16H13BrClN5OS/c17-10-1-3-11(4-2-10)25-15-13-12(19-9-20-15)14(22-16(18)21-13)23-5-7-24-8-6-23/h1-4,9H,5-8H2. The molecular weight excluding hydrogens is 426 g/mol. The van der Waals surface area contributed by atoms with Gasteiger partial charge >= 0.3 is 0 Å². The fraction of sp³-hybridized carbons (Fsp3) is 0.250. The van der Waals surface area contributed by atoms with Gasteiger partial charge in [-0.05, 0) is 35.9 Å². The second-order valence-corrected chi connectivity index (χ2v) is 7.66. The molecule has 128 valence electrons. The van der Waals surface area contributed by atoms with Crippen LogP contribution in [-0.4, -0.2) is 46.2 Å².